The fraction of sp³-hybridized carbons (Fsp3) is 0.188. The van der Waals surface area contributed by atoms with Gasteiger partial charge in [0, 0.05) is 12.2 Å². The Labute approximate surface area is 113 Å². The Bertz CT molecular complexity index is 561. The molecule has 0 saturated carbocycles. The number of hydrogen-bond donors (Lipinski definition) is 2. The van der Waals surface area contributed by atoms with Crippen LogP contribution in [-0.4, -0.2) is 5.91 Å². The molecule has 2 rings (SSSR count). The molecule has 98 valence electrons. The van der Waals surface area contributed by atoms with Crippen LogP contribution >= 0.6 is 0 Å². The molecule has 0 radical (unpaired) electrons. The minimum atomic E-state index is -0.305. The minimum Gasteiger partial charge on any atom is -0.381 e. The van der Waals surface area contributed by atoms with E-state index in [1.165, 1.54) is 11.1 Å². The van der Waals surface area contributed by atoms with Gasteiger partial charge in [0.05, 0.1) is 6.42 Å². The molecule has 3 N–H and O–H groups in total. The minimum absolute atomic E-state index is 0.290. The maximum atomic E-state index is 10.8. The predicted octanol–water partition coefficient (Wildman–Crippen LogP) is 2.63. The maximum absolute atomic E-state index is 10.8. The molecule has 3 nitrogen and oxygen atoms in total. The van der Waals surface area contributed by atoms with Gasteiger partial charge in [-0.3, -0.25) is 4.79 Å². The number of benzene rings is 2. The molecule has 0 fully saturated rings. The number of hydrogen-bond acceptors (Lipinski definition) is 2. The van der Waals surface area contributed by atoms with Gasteiger partial charge in [-0.15, -0.1) is 0 Å². The standard InChI is InChI=1S/C16H18N2O/c1-12-3-2-4-14(9-12)11-18-15-7-5-13(6-8-15)10-16(17)19/h2-9,18H,10-11H2,1H3,(H2,17,19). The summed E-state index contributed by atoms with van der Waals surface area (Å²) in [5.41, 5.74) is 9.64. The third-order valence-corrected chi connectivity index (χ3v) is 2.91. The van der Waals surface area contributed by atoms with E-state index >= 15 is 0 Å². The van der Waals surface area contributed by atoms with Crippen LogP contribution in [0.25, 0.3) is 0 Å². The molecule has 0 saturated heterocycles. The van der Waals surface area contributed by atoms with Gasteiger partial charge in [0.2, 0.25) is 5.91 Å². The Morgan fingerprint density at radius 2 is 1.84 bits per heavy atom. The zero-order chi connectivity index (χ0) is 13.7. The van der Waals surface area contributed by atoms with Gasteiger partial charge < -0.3 is 11.1 Å². The molecule has 0 bridgehead atoms. The van der Waals surface area contributed by atoms with Gasteiger partial charge in [0.25, 0.3) is 0 Å². The van der Waals surface area contributed by atoms with Gasteiger partial charge in [0.15, 0.2) is 0 Å². The summed E-state index contributed by atoms with van der Waals surface area (Å²) in [6.07, 6.45) is 0.290. The van der Waals surface area contributed by atoms with Crippen LogP contribution < -0.4 is 11.1 Å². The highest BCUT2D eigenvalue weighted by molar-refractivity contribution is 5.76. The number of rotatable bonds is 5. The second-order valence-electron chi connectivity index (χ2n) is 4.68. The molecule has 0 spiro atoms. The number of aryl methyl sites for hydroxylation is 1. The van der Waals surface area contributed by atoms with E-state index in [4.69, 9.17) is 5.73 Å². The molecular weight excluding hydrogens is 236 g/mol. The third-order valence-electron chi connectivity index (χ3n) is 2.91. The highest BCUT2D eigenvalue weighted by Crippen LogP contribution is 2.12. The fourth-order valence-electron chi connectivity index (χ4n) is 1.97. The van der Waals surface area contributed by atoms with Crippen LogP contribution in [0.1, 0.15) is 16.7 Å². The molecule has 1 amide bonds. The summed E-state index contributed by atoms with van der Waals surface area (Å²) < 4.78 is 0. The Kier molecular flexibility index (Phi) is 4.18. The molecule has 0 aliphatic carbocycles. The average Bonchev–Trinajstić information content (AvgIpc) is 2.37. The zero-order valence-electron chi connectivity index (χ0n) is 11.0. The molecule has 0 aliphatic rings. The van der Waals surface area contributed by atoms with Crippen molar-refractivity contribution in [3.05, 3.63) is 65.2 Å². The van der Waals surface area contributed by atoms with E-state index < -0.39 is 0 Å². The quantitative estimate of drug-likeness (QED) is 0.861. The molecule has 2 aromatic rings. The number of amides is 1. The second kappa shape index (κ2) is 6.05. The lowest BCUT2D eigenvalue weighted by Gasteiger charge is -2.08. The number of nitrogens with two attached hydrogens (primary N) is 1. The van der Waals surface area contributed by atoms with E-state index in [1.54, 1.807) is 0 Å². The lowest BCUT2D eigenvalue weighted by atomic mass is 10.1. The van der Waals surface area contributed by atoms with Crippen molar-refractivity contribution in [1.82, 2.24) is 0 Å². The van der Waals surface area contributed by atoms with Crippen molar-refractivity contribution in [3.63, 3.8) is 0 Å². The van der Waals surface area contributed by atoms with Crippen LogP contribution in [0.15, 0.2) is 48.5 Å². The molecule has 0 aromatic heterocycles. The van der Waals surface area contributed by atoms with Crippen molar-refractivity contribution in [2.45, 2.75) is 19.9 Å². The van der Waals surface area contributed by atoms with E-state index in [-0.39, 0.29) is 12.3 Å². The van der Waals surface area contributed by atoms with Crippen molar-refractivity contribution < 1.29 is 4.79 Å². The molecule has 3 heteroatoms. The summed E-state index contributed by atoms with van der Waals surface area (Å²) in [6, 6.07) is 16.2. The zero-order valence-corrected chi connectivity index (χ0v) is 11.0. The second-order valence-corrected chi connectivity index (χ2v) is 4.68. The van der Waals surface area contributed by atoms with Gasteiger partial charge in [0.1, 0.15) is 0 Å². The summed E-state index contributed by atoms with van der Waals surface area (Å²) in [5.74, 6) is -0.305. The van der Waals surface area contributed by atoms with Gasteiger partial charge >= 0.3 is 0 Å². The summed E-state index contributed by atoms with van der Waals surface area (Å²) in [6.45, 7) is 2.87. The summed E-state index contributed by atoms with van der Waals surface area (Å²) in [5, 5.41) is 3.35. The van der Waals surface area contributed by atoms with Gasteiger partial charge in [-0.05, 0) is 30.2 Å². The Morgan fingerprint density at radius 3 is 2.47 bits per heavy atom. The number of anilines is 1. The van der Waals surface area contributed by atoms with E-state index in [0.717, 1.165) is 17.8 Å². The molecule has 0 atom stereocenters. The van der Waals surface area contributed by atoms with Crippen molar-refractivity contribution >= 4 is 11.6 Å². The first kappa shape index (κ1) is 13.1. The molecular formula is C16H18N2O. The Balaban J connectivity index is 1.94. The molecule has 2 aromatic carbocycles. The topological polar surface area (TPSA) is 55.1 Å². The fourth-order valence-corrected chi connectivity index (χ4v) is 1.97. The first-order valence-corrected chi connectivity index (χ1v) is 6.30. The molecule has 19 heavy (non-hydrogen) atoms. The van der Waals surface area contributed by atoms with Crippen LogP contribution in [0.5, 0.6) is 0 Å². The molecule has 0 aliphatic heterocycles. The highest BCUT2D eigenvalue weighted by atomic mass is 16.1. The first-order valence-electron chi connectivity index (χ1n) is 6.30. The lowest BCUT2D eigenvalue weighted by molar-refractivity contribution is -0.117. The largest absolute Gasteiger partial charge is 0.381 e. The van der Waals surface area contributed by atoms with Gasteiger partial charge in [-0.2, -0.15) is 0 Å². The maximum Gasteiger partial charge on any atom is 0.221 e. The average molecular weight is 254 g/mol. The van der Waals surface area contributed by atoms with Gasteiger partial charge in [-0.1, -0.05) is 42.0 Å². The van der Waals surface area contributed by atoms with Crippen molar-refractivity contribution in [2.24, 2.45) is 5.73 Å². The number of primary amides is 1. The Hall–Kier alpha value is -2.29. The van der Waals surface area contributed by atoms with Crippen molar-refractivity contribution in [3.8, 4) is 0 Å². The number of nitrogens with one attached hydrogen (secondary N) is 1. The lowest BCUT2D eigenvalue weighted by Crippen LogP contribution is -2.13. The highest BCUT2D eigenvalue weighted by Gasteiger charge is 1.99. The van der Waals surface area contributed by atoms with E-state index in [0.29, 0.717) is 0 Å². The SMILES string of the molecule is Cc1cccc(CNc2ccc(CC(N)=O)cc2)c1. The molecule has 0 heterocycles. The van der Waals surface area contributed by atoms with Crippen LogP contribution in [0.3, 0.4) is 0 Å². The number of carbonyl (C=O) groups excluding carboxylic acids is 1. The van der Waals surface area contributed by atoms with Crippen LogP contribution in [0.4, 0.5) is 5.69 Å². The smallest absolute Gasteiger partial charge is 0.221 e. The van der Waals surface area contributed by atoms with Gasteiger partial charge in [-0.25, -0.2) is 0 Å². The van der Waals surface area contributed by atoms with Crippen molar-refractivity contribution in [2.75, 3.05) is 5.32 Å². The monoisotopic (exact) mass is 254 g/mol. The summed E-state index contributed by atoms with van der Waals surface area (Å²) in [7, 11) is 0. The predicted molar refractivity (Wildman–Crippen MR) is 77.8 cm³/mol. The number of carbonyl (C=O) groups is 1. The summed E-state index contributed by atoms with van der Waals surface area (Å²) in [4.78, 5) is 10.8. The molecule has 0 unspecified atom stereocenters. The van der Waals surface area contributed by atoms with Crippen molar-refractivity contribution in [1.29, 1.82) is 0 Å². The van der Waals surface area contributed by atoms with Crippen LogP contribution in [0.2, 0.25) is 0 Å². The van der Waals surface area contributed by atoms with E-state index in [2.05, 4.69) is 36.5 Å². The Morgan fingerprint density at radius 1 is 1.11 bits per heavy atom. The third kappa shape index (κ3) is 4.14. The first-order chi connectivity index (χ1) is 9.13. The van der Waals surface area contributed by atoms with E-state index in [1.807, 2.05) is 24.3 Å². The van der Waals surface area contributed by atoms with E-state index in [9.17, 15) is 4.79 Å². The summed E-state index contributed by atoms with van der Waals surface area (Å²) >= 11 is 0. The van der Waals surface area contributed by atoms with Crippen LogP contribution in [0, 0.1) is 6.92 Å². The normalized spacial score (nSPS) is 10.2. The van der Waals surface area contributed by atoms with Crippen LogP contribution in [-0.2, 0) is 17.8 Å².